The van der Waals surface area contributed by atoms with Gasteiger partial charge >= 0.3 is 0 Å². The molecule has 0 fully saturated rings. The first-order valence-corrected chi connectivity index (χ1v) is 8.17. The SMILES string of the molecule is CC(CCc1ccc(F)cc1)OC(C)CCc1ccc(F)cc1. The molecular weight excluding hydrogens is 294 g/mol. The number of halogens is 2. The van der Waals surface area contributed by atoms with Gasteiger partial charge < -0.3 is 4.74 Å². The molecule has 2 atom stereocenters. The van der Waals surface area contributed by atoms with Crippen LogP contribution in [0.1, 0.15) is 37.8 Å². The minimum absolute atomic E-state index is 0.156. The molecule has 3 heteroatoms. The second-order valence-corrected chi connectivity index (χ2v) is 6.09. The van der Waals surface area contributed by atoms with Gasteiger partial charge in [0, 0.05) is 0 Å². The zero-order valence-corrected chi connectivity index (χ0v) is 13.8. The lowest BCUT2D eigenvalue weighted by molar-refractivity contribution is 0.000478. The summed E-state index contributed by atoms with van der Waals surface area (Å²) in [5.41, 5.74) is 2.25. The number of rotatable bonds is 8. The molecule has 0 aliphatic rings. The molecule has 0 saturated carbocycles. The first-order chi connectivity index (χ1) is 11.0. The number of hydrogen-bond acceptors (Lipinski definition) is 1. The van der Waals surface area contributed by atoms with Crippen molar-refractivity contribution < 1.29 is 13.5 Å². The maximum Gasteiger partial charge on any atom is 0.123 e. The summed E-state index contributed by atoms with van der Waals surface area (Å²) in [6.45, 7) is 4.13. The Morgan fingerprint density at radius 1 is 0.696 bits per heavy atom. The van der Waals surface area contributed by atoms with E-state index in [-0.39, 0.29) is 23.8 Å². The van der Waals surface area contributed by atoms with Gasteiger partial charge in [0.05, 0.1) is 12.2 Å². The van der Waals surface area contributed by atoms with E-state index in [1.165, 1.54) is 24.3 Å². The van der Waals surface area contributed by atoms with Crippen molar-refractivity contribution in [1.82, 2.24) is 0 Å². The molecule has 2 aromatic rings. The Hall–Kier alpha value is -1.74. The minimum Gasteiger partial charge on any atom is -0.376 e. The first kappa shape index (κ1) is 17.6. The van der Waals surface area contributed by atoms with E-state index in [1.54, 1.807) is 0 Å². The van der Waals surface area contributed by atoms with E-state index in [1.807, 2.05) is 24.3 Å². The van der Waals surface area contributed by atoms with E-state index >= 15 is 0 Å². The van der Waals surface area contributed by atoms with Crippen molar-refractivity contribution in [3.8, 4) is 0 Å². The highest BCUT2D eigenvalue weighted by Gasteiger charge is 2.09. The Morgan fingerprint density at radius 2 is 1.04 bits per heavy atom. The Bertz CT molecular complexity index is 524. The highest BCUT2D eigenvalue weighted by molar-refractivity contribution is 5.16. The molecule has 0 aliphatic heterocycles. The molecule has 0 spiro atoms. The first-order valence-electron chi connectivity index (χ1n) is 8.17. The van der Waals surface area contributed by atoms with Crippen molar-refractivity contribution >= 4 is 0 Å². The molecule has 2 aromatic carbocycles. The summed E-state index contributed by atoms with van der Waals surface area (Å²) in [5, 5.41) is 0. The van der Waals surface area contributed by atoms with Crippen LogP contribution in [0.15, 0.2) is 48.5 Å². The predicted molar refractivity (Wildman–Crippen MR) is 89.5 cm³/mol. The van der Waals surface area contributed by atoms with Gasteiger partial charge in [0.15, 0.2) is 0 Å². The lowest BCUT2D eigenvalue weighted by Crippen LogP contribution is -2.18. The van der Waals surface area contributed by atoms with Crippen molar-refractivity contribution in [1.29, 1.82) is 0 Å². The van der Waals surface area contributed by atoms with E-state index in [2.05, 4.69) is 13.8 Å². The summed E-state index contributed by atoms with van der Waals surface area (Å²) in [7, 11) is 0. The molecule has 0 aliphatic carbocycles. The normalized spacial score (nSPS) is 13.7. The molecule has 124 valence electrons. The van der Waals surface area contributed by atoms with Crippen LogP contribution in [-0.4, -0.2) is 12.2 Å². The summed E-state index contributed by atoms with van der Waals surface area (Å²) in [6.07, 6.45) is 3.89. The highest BCUT2D eigenvalue weighted by atomic mass is 19.1. The average molecular weight is 318 g/mol. The molecule has 0 heterocycles. The van der Waals surface area contributed by atoms with Crippen LogP contribution in [0.25, 0.3) is 0 Å². The zero-order valence-electron chi connectivity index (χ0n) is 13.8. The fourth-order valence-electron chi connectivity index (χ4n) is 2.57. The summed E-state index contributed by atoms with van der Waals surface area (Å²) in [5.74, 6) is -0.403. The largest absolute Gasteiger partial charge is 0.376 e. The lowest BCUT2D eigenvalue weighted by atomic mass is 10.1. The van der Waals surface area contributed by atoms with Crippen molar-refractivity contribution in [3.05, 3.63) is 71.3 Å². The summed E-state index contributed by atoms with van der Waals surface area (Å²) >= 11 is 0. The van der Waals surface area contributed by atoms with Gasteiger partial charge in [-0.2, -0.15) is 0 Å². The third-order valence-electron chi connectivity index (χ3n) is 3.97. The van der Waals surface area contributed by atoms with E-state index < -0.39 is 0 Å². The molecule has 0 radical (unpaired) electrons. The number of aryl methyl sites for hydroxylation is 2. The Balaban J connectivity index is 1.68. The molecule has 2 rings (SSSR count). The van der Waals surface area contributed by atoms with Crippen LogP contribution < -0.4 is 0 Å². The monoisotopic (exact) mass is 318 g/mol. The molecule has 23 heavy (non-hydrogen) atoms. The van der Waals surface area contributed by atoms with Crippen molar-refractivity contribution in [3.63, 3.8) is 0 Å². The maximum absolute atomic E-state index is 12.9. The Labute approximate surface area is 137 Å². The van der Waals surface area contributed by atoms with Gasteiger partial charge in [0.2, 0.25) is 0 Å². The fourth-order valence-corrected chi connectivity index (χ4v) is 2.57. The van der Waals surface area contributed by atoms with Gasteiger partial charge in [0.1, 0.15) is 11.6 Å². The van der Waals surface area contributed by atoms with E-state index in [9.17, 15) is 8.78 Å². The quantitative estimate of drug-likeness (QED) is 0.640. The molecule has 0 aromatic heterocycles. The topological polar surface area (TPSA) is 9.23 Å². The highest BCUT2D eigenvalue weighted by Crippen LogP contribution is 2.13. The van der Waals surface area contributed by atoms with Gasteiger partial charge in [-0.3, -0.25) is 0 Å². The third kappa shape index (κ3) is 6.49. The van der Waals surface area contributed by atoms with Crippen molar-refractivity contribution in [2.45, 2.75) is 51.7 Å². The standard InChI is InChI=1S/C20H24F2O/c1-15(3-5-17-7-11-19(21)12-8-17)23-16(2)4-6-18-9-13-20(22)14-10-18/h7-16H,3-6H2,1-2H3. The molecule has 1 nitrogen and oxygen atoms in total. The molecule has 0 saturated heterocycles. The van der Waals surface area contributed by atoms with E-state index in [0.29, 0.717) is 0 Å². The van der Waals surface area contributed by atoms with Crippen molar-refractivity contribution in [2.24, 2.45) is 0 Å². The van der Waals surface area contributed by atoms with Crippen LogP contribution in [0.5, 0.6) is 0 Å². The number of hydrogen-bond donors (Lipinski definition) is 0. The van der Waals surface area contributed by atoms with Crippen LogP contribution in [0.4, 0.5) is 8.78 Å². The molecular formula is C20H24F2O. The van der Waals surface area contributed by atoms with Gasteiger partial charge in [0.25, 0.3) is 0 Å². The third-order valence-corrected chi connectivity index (χ3v) is 3.97. The second kappa shape index (κ2) is 8.78. The predicted octanol–water partition coefficient (Wildman–Crippen LogP) is 5.32. The maximum atomic E-state index is 12.9. The molecule has 2 unspecified atom stereocenters. The summed E-state index contributed by atoms with van der Waals surface area (Å²) in [4.78, 5) is 0. The van der Waals surface area contributed by atoms with Crippen LogP contribution >= 0.6 is 0 Å². The zero-order chi connectivity index (χ0) is 16.7. The summed E-state index contributed by atoms with van der Waals surface area (Å²) in [6, 6.07) is 13.2. The van der Waals surface area contributed by atoms with Crippen LogP contribution in [0.2, 0.25) is 0 Å². The number of benzene rings is 2. The van der Waals surface area contributed by atoms with Gasteiger partial charge in [-0.25, -0.2) is 8.78 Å². The second-order valence-electron chi connectivity index (χ2n) is 6.09. The number of ether oxygens (including phenoxy) is 1. The average Bonchev–Trinajstić information content (AvgIpc) is 2.54. The Morgan fingerprint density at radius 3 is 1.39 bits per heavy atom. The van der Waals surface area contributed by atoms with Gasteiger partial charge in [-0.05, 0) is 74.9 Å². The Kier molecular flexibility index (Phi) is 6.72. The molecule has 0 bridgehead atoms. The van der Waals surface area contributed by atoms with Crippen LogP contribution in [0.3, 0.4) is 0 Å². The summed E-state index contributed by atoms with van der Waals surface area (Å²) < 4.78 is 31.7. The smallest absolute Gasteiger partial charge is 0.123 e. The fraction of sp³-hybridized carbons (Fsp3) is 0.400. The molecule has 0 N–H and O–H groups in total. The lowest BCUT2D eigenvalue weighted by Gasteiger charge is -2.19. The minimum atomic E-state index is -0.201. The van der Waals surface area contributed by atoms with Crippen LogP contribution in [0, 0.1) is 11.6 Å². The van der Waals surface area contributed by atoms with Crippen molar-refractivity contribution in [2.75, 3.05) is 0 Å². The van der Waals surface area contributed by atoms with Gasteiger partial charge in [-0.15, -0.1) is 0 Å². The van der Waals surface area contributed by atoms with E-state index in [4.69, 9.17) is 4.74 Å². The van der Waals surface area contributed by atoms with E-state index in [0.717, 1.165) is 36.8 Å². The molecule has 0 amide bonds. The van der Waals surface area contributed by atoms with Crippen LogP contribution in [-0.2, 0) is 17.6 Å². The van der Waals surface area contributed by atoms with Gasteiger partial charge in [-0.1, -0.05) is 24.3 Å².